The van der Waals surface area contributed by atoms with Gasteiger partial charge < -0.3 is 14.9 Å². The Bertz CT molecular complexity index is 1170. The van der Waals surface area contributed by atoms with E-state index in [1.807, 2.05) is 55.5 Å². The first-order valence-electron chi connectivity index (χ1n) is 9.17. The van der Waals surface area contributed by atoms with Crippen molar-refractivity contribution in [2.45, 2.75) is 6.92 Å². The second-order valence-corrected chi connectivity index (χ2v) is 6.67. The molecular formula is C24H20N2O3. The van der Waals surface area contributed by atoms with Gasteiger partial charge in [0.25, 0.3) is 0 Å². The van der Waals surface area contributed by atoms with E-state index in [-0.39, 0.29) is 11.5 Å². The summed E-state index contributed by atoms with van der Waals surface area (Å²) in [6.07, 6.45) is 0. The fourth-order valence-electron chi connectivity index (χ4n) is 3.28. The van der Waals surface area contributed by atoms with E-state index < -0.39 is 0 Å². The van der Waals surface area contributed by atoms with E-state index in [1.165, 1.54) is 0 Å². The van der Waals surface area contributed by atoms with Gasteiger partial charge in [-0.3, -0.25) is 0 Å². The lowest BCUT2D eigenvalue weighted by Gasteiger charge is -2.10. The molecule has 0 unspecified atom stereocenters. The molecule has 0 saturated heterocycles. The van der Waals surface area contributed by atoms with Gasteiger partial charge in [-0.05, 0) is 55.0 Å². The van der Waals surface area contributed by atoms with Gasteiger partial charge in [-0.25, -0.2) is 9.97 Å². The molecule has 5 heteroatoms. The molecule has 0 aliphatic heterocycles. The first-order valence-corrected chi connectivity index (χ1v) is 9.17. The Morgan fingerprint density at radius 1 is 0.690 bits per heavy atom. The third kappa shape index (κ3) is 3.62. The Kier molecular flexibility index (Phi) is 4.87. The Hall–Kier alpha value is -3.86. The first-order chi connectivity index (χ1) is 14.1. The zero-order chi connectivity index (χ0) is 20.4. The smallest absolute Gasteiger partial charge is 0.128 e. The van der Waals surface area contributed by atoms with Crippen LogP contribution in [0.15, 0.2) is 72.8 Å². The van der Waals surface area contributed by atoms with Crippen molar-refractivity contribution in [1.82, 2.24) is 9.97 Å². The van der Waals surface area contributed by atoms with Crippen LogP contribution in [0.3, 0.4) is 0 Å². The number of rotatable bonds is 4. The molecule has 0 bridgehead atoms. The van der Waals surface area contributed by atoms with Crippen LogP contribution in [0.5, 0.6) is 17.2 Å². The van der Waals surface area contributed by atoms with Crippen LogP contribution in [0.1, 0.15) is 5.56 Å². The minimum absolute atomic E-state index is 0.0977. The number of benzene rings is 2. The van der Waals surface area contributed by atoms with Crippen molar-refractivity contribution in [3.8, 4) is 51.2 Å². The number of hydrogen-bond acceptors (Lipinski definition) is 5. The van der Waals surface area contributed by atoms with E-state index in [1.54, 1.807) is 31.4 Å². The normalized spacial score (nSPS) is 10.7. The van der Waals surface area contributed by atoms with Gasteiger partial charge in [0.2, 0.25) is 0 Å². The summed E-state index contributed by atoms with van der Waals surface area (Å²) in [4.78, 5) is 9.40. The summed E-state index contributed by atoms with van der Waals surface area (Å²) in [6.45, 7) is 1.94. The number of aryl methyl sites for hydroxylation is 1. The molecule has 4 rings (SSSR count). The van der Waals surface area contributed by atoms with E-state index in [0.717, 1.165) is 5.56 Å². The van der Waals surface area contributed by atoms with Gasteiger partial charge in [-0.2, -0.15) is 0 Å². The number of methoxy groups -OCH3 is 1. The summed E-state index contributed by atoms with van der Waals surface area (Å²) in [5.41, 5.74) is 4.93. The average Bonchev–Trinajstić information content (AvgIpc) is 2.74. The SMILES string of the molecule is COc1ccc(-c2cccc(-c3cccc(-c4c(C)cccc4O)n3)n2)c(O)c1. The third-order valence-corrected chi connectivity index (χ3v) is 4.75. The Morgan fingerprint density at radius 3 is 1.97 bits per heavy atom. The van der Waals surface area contributed by atoms with Gasteiger partial charge in [0.15, 0.2) is 0 Å². The molecule has 2 heterocycles. The lowest BCUT2D eigenvalue weighted by molar-refractivity contribution is 0.408. The van der Waals surface area contributed by atoms with Crippen molar-refractivity contribution < 1.29 is 14.9 Å². The van der Waals surface area contributed by atoms with Crippen molar-refractivity contribution >= 4 is 0 Å². The van der Waals surface area contributed by atoms with Crippen LogP contribution in [0.25, 0.3) is 33.9 Å². The lowest BCUT2D eigenvalue weighted by Crippen LogP contribution is -1.94. The largest absolute Gasteiger partial charge is 0.507 e. The summed E-state index contributed by atoms with van der Waals surface area (Å²) in [5, 5.41) is 20.6. The molecule has 2 aromatic heterocycles. The average molecular weight is 384 g/mol. The predicted molar refractivity (Wildman–Crippen MR) is 113 cm³/mol. The first kappa shape index (κ1) is 18.5. The number of hydrogen-bond donors (Lipinski definition) is 2. The molecule has 0 spiro atoms. The van der Waals surface area contributed by atoms with E-state index in [4.69, 9.17) is 9.72 Å². The molecule has 0 radical (unpaired) electrons. The highest BCUT2D eigenvalue weighted by molar-refractivity contribution is 5.74. The van der Waals surface area contributed by atoms with Gasteiger partial charge in [0.05, 0.1) is 29.9 Å². The van der Waals surface area contributed by atoms with E-state index in [2.05, 4.69) is 4.98 Å². The summed E-state index contributed by atoms with van der Waals surface area (Å²) < 4.78 is 5.14. The van der Waals surface area contributed by atoms with Crippen LogP contribution in [0.4, 0.5) is 0 Å². The predicted octanol–water partition coefficient (Wildman–Crippen LogP) is 5.21. The number of pyridine rings is 2. The zero-order valence-electron chi connectivity index (χ0n) is 16.1. The molecule has 144 valence electrons. The highest BCUT2D eigenvalue weighted by atomic mass is 16.5. The highest BCUT2D eigenvalue weighted by Gasteiger charge is 2.12. The Labute approximate surface area is 168 Å². The Balaban J connectivity index is 1.76. The maximum absolute atomic E-state index is 10.3. The molecule has 0 atom stereocenters. The molecule has 29 heavy (non-hydrogen) atoms. The molecule has 0 saturated carbocycles. The fourth-order valence-corrected chi connectivity index (χ4v) is 3.28. The van der Waals surface area contributed by atoms with Gasteiger partial charge >= 0.3 is 0 Å². The standard InChI is InChI=1S/C24H20N2O3/c1-15-6-3-11-22(27)24(15)21-10-5-9-20(26-21)19-8-4-7-18(25-19)17-13-12-16(29-2)14-23(17)28/h3-14,27-28H,1-2H3. The topological polar surface area (TPSA) is 75.5 Å². The number of nitrogens with zero attached hydrogens (tertiary/aromatic N) is 2. The maximum atomic E-state index is 10.3. The molecule has 5 nitrogen and oxygen atoms in total. The third-order valence-electron chi connectivity index (χ3n) is 4.75. The van der Waals surface area contributed by atoms with Gasteiger partial charge in [-0.15, -0.1) is 0 Å². The molecular weight excluding hydrogens is 364 g/mol. The second kappa shape index (κ2) is 7.64. The summed E-state index contributed by atoms with van der Waals surface area (Å²) >= 11 is 0. The zero-order valence-corrected chi connectivity index (χ0v) is 16.1. The quantitative estimate of drug-likeness (QED) is 0.505. The minimum atomic E-state index is 0.0977. The number of aromatic hydroxyl groups is 2. The van der Waals surface area contributed by atoms with Crippen molar-refractivity contribution in [3.05, 3.63) is 78.4 Å². The summed E-state index contributed by atoms with van der Waals surface area (Å²) in [7, 11) is 1.55. The van der Waals surface area contributed by atoms with Crippen LogP contribution in [0, 0.1) is 6.92 Å². The van der Waals surface area contributed by atoms with Gasteiger partial charge in [-0.1, -0.05) is 24.3 Å². The molecule has 0 aliphatic carbocycles. The molecule has 2 N–H and O–H groups in total. The van der Waals surface area contributed by atoms with E-state index in [9.17, 15) is 10.2 Å². The number of phenolic OH excluding ortho intramolecular Hbond substituents is 2. The van der Waals surface area contributed by atoms with Crippen LogP contribution >= 0.6 is 0 Å². The number of ether oxygens (including phenoxy) is 1. The van der Waals surface area contributed by atoms with Crippen LogP contribution in [0.2, 0.25) is 0 Å². The Morgan fingerprint density at radius 2 is 1.31 bits per heavy atom. The monoisotopic (exact) mass is 384 g/mol. The maximum Gasteiger partial charge on any atom is 0.128 e. The second-order valence-electron chi connectivity index (χ2n) is 6.67. The van der Waals surface area contributed by atoms with Crippen LogP contribution in [-0.4, -0.2) is 27.3 Å². The molecule has 0 amide bonds. The number of phenols is 2. The van der Waals surface area contributed by atoms with E-state index >= 15 is 0 Å². The van der Waals surface area contributed by atoms with E-state index in [0.29, 0.717) is 39.7 Å². The van der Waals surface area contributed by atoms with Crippen molar-refractivity contribution in [1.29, 1.82) is 0 Å². The van der Waals surface area contributed by atoms with Crippen LogP contribution in [-0.2, 0) is 0 Å². The van der Waals surface area contributed by atoms with Crippen molar-refractivity contribution in [3.63, 3.8) is 0 Å². The van der Waals surface area contributed by atoms with Crippen LogP contribution < -0.4 is 4.74 Å². The number of aromatic nitrogens is 2. The molecule has 0 fully saturated rings. The van der Waals surface area contributed by atoms with Gasteiger partial charge in [0.1, 0.15) is 17.2 Å². The molecule has 0 aliphatic rings. The fraction of sp³-hybridized carbons (Fsp3) is 0.0833. The van der Waals surface area contributed by atoms with Crippen molar-refractivity contribution in [2.75, 3.05) is 7.11 Å². The minimum Gasteiger partial charge on any atom is -0.507 e. The summed E-state index contributed by atoms with van der Waals surface area (Å²) in [6, 6.07) is 21.7. The van der Waals surface area contributed by atoms with Gasteiger partial charge in [0, 0.05) is 17.2 Å². The summed E-state index contributed by atoms with van der Waals surface area (Å²) in [5.74, 6) is 0.870. The van der Waals surface area contributed by atoms with Crippen molar-refractivity contribution in [2.24, 2.45) is 0 Å². The highest BCUT2D eigenvalue weighted by Crippen LogP contribution is 2.34. The lowest BCUT2D eigenvalue weighted by atomic mass is 10.0. The molecule has 2 aromatic carbocycles. The molecule has 4 aromatic rings.